The summed E-state index contributed by atoms with van der Waals surface area (Å²) in [4.78, 5) is 23.8. The molecule has 0 amide bonds. The summed E-state index contributed by atoms with van der Waals surface area (Å²) in [5.41, 5.74) is 0. The van der Waals surface area contributed by atoms with Gasteiger partial charge >= 0.3 is 7.82 Å². The van der Waals surface area contributed by atoms with Gasteiger partial charge in [0.05, 0.1) is 0 Å². The van der Waals surface area contributed by atoms with E-state index in [2.05, 4.69) is 36.3 Å². The smallest absolute Gasteiger partial charge is 0.374 e. The standard InChI is InChI=1S/C7H11N.H3O4P/c1-2-8-6-4-3-5-7-8;1-5(2,3)4/h3-6H,2,7H2,1H3;(H3,1,2,3,4). The van der Waals surface area contributed by atoms with E-state index in [9.17, 15) is 0 Å². The van der Waals surface area contributed by atoms with Crippen LogP contribution in [0.3, 0.4) is 0 Å². The number of hydrogen-bond acceptors (Lipinski definition) is 2. The molecule has 0 aromatic carbocycles. The predicted octanol–water partition coefficient (Wildman–Crippen LogP) is 0.463. The van der Waals surface area contributed by atoms with Crippen LogP contribution in [0.25, 0.3) is 0 Å². The van der Waals surface area contributed by atoms with Crippen LogP contribution in [0.5, 0.6) is 0 Å². The van der Waals surface area contributed by atoms with Gasteiger partial charge in [-0.1, -0.05) is 12.2 Å². The van der Waals surface area contributed by atoms with E-state index < -0.39 is 7.82 Å². The highest BCUT2D eigenvalue weighted by Crippen LogP contribution is 2.25. The van der Waals surface area contributed by atoms with Gasteiger partial charge in [-0.15, -0.1) is 0 Å². The minimum atomic E-state index is -4.64. The Balaban J connectivity index is 0.000000252. The number of likely N-dealkylation sites (N-methyl/N-ethyl adjacent to an activating group) is 1. The third kappa shape index (κ3) is 11.4. The lowest BCUT2D eigenvalue weighted by Gasteiger charge is -2.16. The van der Waals surface area contributed by atoms with Gasteiger partial charge in [0.25, 0.3) is 0 Å². The molecule has 1 aliphatic rings. The first-order valence-electron chi connectivity index (χ1n) is 3.79. The fourth-order valence-electron chi connectivity index (χ4n) is 0.742. The highest BCUT2D eigenvalue weighted by molar-refractivity contribution is 7.45. The molecule has 0 aliphatic carbocycles. The summed E-state index contributed by atoms with van der Waals surface area (Å²) in [6, 6.07) is 0. The van der Waals surface area contributed by atoms with E-state index in [0.29, 0.717) is 0 Å². The highest BCUT2D eigenvalue weighted by atomic mass is 31.2. The molecular weight excluding hydrogens is 193 g/mol. The van der Waals surface area contributed by atoms with Crippen LogP contribution in [0.15, 0.2) is 24.4 Å². The van der Waals surface area contributed by atoms with Crippen molar-refractivity contribution in [2.24, 2.45) is 0 Å². The molecule has 1 aliphatic heterocycles. The summed E-state index contributed by atoms with van der Waals surface area (Å²) in [5, 5.41) is 0. The molecule has 76 valence electrons. The number of hydrogen-bond donors (Lipinski definition) is 3. The molecule has 1 heterocycles. The van der Waals surface area contributed by atoms with Gasteiger partial charge in [-0.2, -0.15) is 0 Å². The predicted molar refractivity (Wildman–Crippen MR) is 49.8 cm³/mol. The number of rotatable bonds is 1. The molecule has 0 aromatic heterocycles. The third-order valence-electron chi connectivity index (χ3n) is 1.29. The van der Waals surface area contributed by atoms with Gasteiger partial charge in [0, 0.05) is 13.1 Å². The zero-order valence-electron chi connectivity index (χ0n) is 7.37. The van der Waals surface area contributed by atoms with Crippen LogP contribution in [0, 0.1) is 0 Å². The van der Waals surface area contributed by atoms with Crippen LogP contribution in [0.4, 0.5) is 0 Å². The van der Waals surface area contributed by atoms with E-state index in [-0.39, 0.29) is 0 Å². The van der Waals surface area contributed by atoms with Crippen molar-refractivity contribution in [2.75, 3.05) is 13.1 Å². The van der Waals surface area contributed by atoms with Crippen LogP contribution in [0.2, 0.25) is 0 Å². The van der Waals surface area contributed by atoms with Gasteiger partial charge in [-0.3, -0.25) is 0 Å². The first-order valence-corrected chi connectivity index (χ1v) is 5.35. The molecule has 0 bridgehead atoms. The van der Waals surface area contributed by atoms with Crippen LogP contribution < -0.4 is 0 Å². The molecule has 0 aromatic rings. The van der Waals surface area contributed by atoms with Gasteiger partial charge in [0.15, 0.2) is 0 Å². The Bertz CT molecular complexity index is 224. The maximum Gasteiger partial charge on any atom is 0.466 e. The Kier molecular flexibility index (Phi) is 5.66. The van der Waals surface area contributed by atoms with E-state index in [0.717, 1.165) is 13.1 Å². The fraction of sp³-hybridized carbons (Fsp3) is 0.429. The molecule has 6 heteroatoms. The van der Waals surface area contributed by atoms with Crippen molar-refractivity contribution in [3.8, 4) is 0 Å². The molecule has 0 spiro atoms. The van der Waals surface area contributed by atoms with Gasteiger partial charge in [-0.25, -0.2) is 4.57 Å². The Labute approximate surface area is 77.2 Å². The van der Waals surface area contributed by atoms with Gasteiger partial charge in [0.1, 0.15) is 0 Å². The zero-order valence-corrected chi connectivity index (χ0v) is 8.26. The maximum atomic E-state index is 8.88. The van der Waals surface area contributed by atoms with E-state index >= 15 is 0 Å². The molecule has 13 heavy (non-hydrogen) atoms. The molecule has 0 radical (unpaired) electrons. The summed E-state index contributed by atoms with van der Waals surface area (Å²) in [5.74, 6) is 0. The van der Waals surface area contributed by atoms with Crippen LogP contribution in [-0.4, -0.2) is 32.7 Å². The van der Waals surface area contributed by atoms with Crippen molar-refractivity contribution in [3.05, 3.63) is 24.4 Å². The Morgan fingerprint density at radius 2 is 1.92 bits per heavy atom. The van der Waals surface area contributed by atoms with Crippen molar-refractivity contribution >= 4 is 7.82 Å². The van der Waals surface area contributed by atoms with E-state index in [1.54, 1.807) is 0 Å². The minimum absolute atomic E-state index is 1.08. The summed E-state index contributed by atoms with van der Waals surface area (Å²) in [6.07, 6.45) is 8.41. The second-order valence-electron chi connectivity index (χ2n) is 2.37. The average Bonchev–Trinajstić information content (AvgIpc) is 2.03. The Morgan fingerprint density at radius 3 is 2.15 bits per heavy atom. The molecule has 1 rings (SSSR count). The van der Waals surface area contributed by atoms with E-state index in [1.807, 2.05) is 0 Å². The second kappa shape index (κ2) is 5.94. The summed E-state index contributed by atoms with van der Waals surface area (Å²) >= 11 is 0. The molecule has 5 nitrogen and oxygen atoms in total. The minimum Gasteiger partial charge on any atom is -0.374 e. The second-order valence-corrected chi connectivity index (χ2v) is 3.40. The van der Waals surface area contributed by atoms with Crippen molar-refractivity contribution in [3.63, 3.8) is 0 Å². The Morgan fingerprint density at radius 1 is 1.38 bits per heavy atom. The van der Waals surface area contributed by atoms with Crippen LogP contribution >= 0.6 is 7.82 Å². The molecule has 0 unspecified atom stereocenters. The van der Waals surface area contributed by atoms with Crippen LogP contribution in [0.1, 0.15) is 6.92 Å². The zero-order chi connectivity index (χ0) is 10.3. The van der Waals surface area contributed by atoms with Crippen molar-refractivity contribution in [1.82, 2.24) is 4.90 Å². The SMILES string of the molecule is CCN1C=CC=CC1.O=P(O)(O)O. The van der Waals surface area contributed by atoms with E-state index in [4.69, 9.17) is 19.2 Å². The highest BCUT2D eigenvalue weighted by Gasteiger charge is 2.00. The molecule has 0 fully saturated rings. The lowest BCUT2D eigenvalue weighted by atomic mass is 10.3. The monoisotopic (exact) mass is 207 g/mol. The number of allylic oxidation sites excluding steroid dienone is 2. The third-order valence-corrected chi connectivity index (χ3v) is 1.29. The maximum absolute atomic E-state index is 8.88. The van der Waals surface area contributed by atoms with Crippen LogP contribution in [-0.2, 0) is 4.57 Å². The summed E-state index contributed by atoms with van der Waals surface area (Å²) in [7, 11) is -4.64. The Hall–Kier alpha value is -0.610. The molecule has 0 atom stereocenters. The van der Waals surface area contributed by atoms with Crippen molar-refractivity contribution in [2.45, 2.75) is 6.92 Å². The van der Waals surface area contributed by atoms with E-state index in [1.165, 1.54) is 0 Å². The topological polar surface area (TPSA) is 81.0 Å². The van der Waals surface area contributed by atoms with Gasteiger partial charge in [0.2, 0.25) is 0 Å². The average molecular weight is 207 g/mol. The quantitative estimate of drug-likeness (QED) is 0.544. The lowest BCUT2D eigenvalue weighted by molar-refractivity contribution is 0.275. The summed E-state index contributed by atoms with van der Waals surface area (Å²) < 4.78 is 8.88. The first kappa shape index (κ1) is 12.4. The van der Waals surface area contributed by atoms with Gasteiger partial charge in [-0.05, 0) is 19.2 Å². The molecule has 0 saturated heterocycles. The largest absolute Gasteiger partial charge is 0.466 e. The lowest BCUT2D eigenvalue weighted by Crippen LogP contribution is -2.17. The number of phosphoric acid groups is 1. The normalized spacial score (nSPS) is 15.2. The molecular formula is C7H14NO4P. The molecule has 0 saturated carbocycles. The number of nitrogens with zero attached hydrogens (tertiary/aromatic N) is 1. The van der Waals surface area contributed by atoms with Crippen molar-refractivity contribution < 1.29 is 19.2 Å². The molecule has 3 N–H and O–H groups in total. The van der Waals surface area contributed by atoms with Crippen molar-refractivity contribution in [1.29, 1.82) is 0 Å². The van der Waals surface area contributed by atoms with Gasteiger partial charge < -0.3 is 19.6 Å². The summed E-state index contributed by atoms with van der Waals surface area (Å²) in [6.45, 7) is 4.34. The fourth-order valence-corrected chi connectivity index (χ4v) is 0.742. The first-order chi connectivity index (χ1) is 5.93.